The van der Waals surface area contributed by atoms with E-state index in [1.807, 2.05) is 36.5 Å². The van der Waals surface area contributed by atoms with Crippen LogP contribution in [0.5, 0.6) is 5.75 Å². The molecule has 0 spiro atoms. The van der Waals surface area contributed by atoms with Gasteiger partial charge in [0.25, 0.3) is 0 Å². The second-order valence-electron chi connectivity index (χ2n) is 22.6. The number of aromatic hydroxyl groups is 1. The molecule has 0 aliphatic carbocycles. The Labute approximate surface area is 440 Å². The van der Waals surface area contributed by atoms with Gasteiger partial charge in [-0.05, 0) is 5.41 Å². The Morgan fingerprint density at radius 1 is 0.643 bits per heavy atom. The maximum atomic E-state index is 12.7. The predicted molar refractivity (Wildman–Crippen MR) is 298 cm³/mol. The van der Waals surface area contributed by atoms with E-state index in [1.165, 1.54) is 5.56 Å². The van der Waals surface area contributed by atoms with Gasteiger partial charge in [0.2, 0.25) is 0 Å². The fraction of sp³-hybridized carbons (Fsp3) is 0.238. The molecule has 0 unspecified atom stereocenters. The van der Waals surface area contributed by atoms with Crippen molar-refractivity contribution < 1.29 is 30.3 Å². The number of rotatable bonds is 7. The first-order valence-corrected chi connectivity index (χ1v) is 29.2. The van der Waals surface area contributed by atoms with Gasteiger partial charge in [0.1, 0.15) is 0 Å². The summed E-state index contributed by atoms with van der Waals surface area (Å²) in [6, 6.07) is 49.0. The molecule has 1 N–H and O–H groups in total. The van der Waals surface area contributed by atoms with E-state index >= 15 is 0 Å². The van der Waals surface area contributed by atoms with Crippen molar-refractivity contribution in [1.29, 1.82) is 0 Å². The average Bonchev–Trinajstić information content (AvgIpc) is 3.92. The Kier molecular flexibility index (Phi) is 11.8. The van der Waals surface area contributed by atoms with E-state index in [0.29, 0.717) is 22.8 Å². The van der Waals surface area contributed by atoms with Crippen molar-refractivity contribution in [3.8, 4) is 67.5 Å². The van der Waals surface area contributed by atoms with E-state index in [1.54, 1.807) is 0 Å². The molecule has 10 aromatic rings. The van der Waals surface area contributed by atoms with E-state index < -0.39 is 8.07 Å². The van der Waals surface area contributed by atoms with E-state index in [4.69, 9.17) is 9.97 Å². The van der Waals surface area contributed by atoms with Crippen molar-refractivity contribution in [2.45, 2.75) is 98.2 Å². The number of hydrogen-bond donors (Lipinski definition) is 1. The van der Waals surface area contributed by atoms with Crippen molar-refractivity contribution >= 4 is 58.1 Å². The molecule has 7 aromatic carbocycles. The van der Waals surface area contributed by atoms with Gasteiger partial charge in [0, 0.05) is 21.1 Å². The number of aromatic nitrogens is 3. The van der Waals surface area contributed by atoms with Crippen LogP contribution < -0.4 is 5.19 Å². The summed E-state index contributed by atoms with van der Waals surface area (Å²) in [6.07, 6.45) is 1.85. The van der Waals surface area contributed by atoms with Gasteiger partial charge in [-0.25, -0.2) is 0 Å². The third-order valence-corrected chi connectivity index (χ3v) is 17.5. The molecule has 7 heteroatoms. The monoisotopic (exact) mass is 1180 g/mol. The fourth-order valence-electron chi connectivity index (χ4n) is 9.30. The van der Waals surface area contributed by atoms with E-state index in [9.17, 15) is 9.22 Å². The first-order chi connectivity index (χ1) is 33.9. The Morgan fingerprint density at radius 2 is 1.31 bits per heavy atom. The summed E-state index contributed by atoms with van der Waals surface area (Å²) >= 11 is -0.359. The van der Waals surface area contributed by atoms with Gasteiger partial charge in [-0.1, -0.05) is 80.5 Å². The number of fused-ring (bicyclic) bond motifs is 4. The molecule has 356 valence electrons. The first kappa shape index (κ1) is 45.5. The van der Waals surface area contributed by atoms with Crippen LogP contribution in [-0.2, 0) is 37.3 Å². The number of pyridine rings is 1. The van der Waals surface area contributed by atoms with Crippen LogP contribution in [0.2, 0.25) is 19.6 Å². The van der Waals surface area contributed by atoms with Crippen LogP contribution in [0.3, 0.4) is 0 Å². The molecule has 3 heterocycles. The van der Waals surface area contributed by atoms with Crippen LogP contribution in [0.1, 0.15) is 83.1 Å². The van der Waals surface area contributed by atoms with Gasteiger partial charge in [0.15, 0.2) is 0 Å². The number of phenolic OH excluding ortho intramolecular Hbond substituents is 1. The molecule has 0 bridgehead atoms. The number of phenols is 1. The SMILES string of the molecule is [2H]c1c([Si](C)(C)C)c([2H])c2[se]c3c(-c4cc(-c5ccccc5)ccn4)[c-]c(-c4cccc5c4nc(-c4cc(C(C)(C)C)cc(C(C)(C)C)c4O)n5-c4ccc(C(C)(C)C)cc4-c4ccccc4)cc3c2c1[2H].[Pt]. The summed E-state index contributed by atoms with van der Waals surface area (Å²) in [5.41, 5.74) is 12.9. The van der Waals surface area contributed by atoms with Crippen LogP contribution in [0.15, 0.2) is 152 Å². The Balaban J connectivity index is 0.00000656. The molecule has 0 amide bonds. The summed E-state index contributed by atoms with van der Waals surface area (Å²) < 4.78 is 32.8. The standard InChI is InChI=1S/C63H62N3OSeSi.Pt/c1-61(2,3)43-26-29-54(48(35-43)40-22-17-14-18-23-40)66-55-25-19-24-46(57(55)65-60(66)51-36-44(62(4,5)6)37-52(58(51)67)63(7,8)9)42-32-49-47-28-27-45(69(10,11)12)38-56(47)68-59(49)50(33-42)53-34-41(30-31-64-53)39-20-15-13-16-21-39;/h13-32,34-38,67H,1-12H3;/q-1;/i27D,28D,38D;. The Hall–Kier alpha value is -5.62. The molecule has 10 rings (SSSR count). The summed E-state index contributed by atoms with van der Waals surface area (Å²) in [5, 5.41) is 14.9. The molecule has 0 radical (unpaired) electrons. The van der Waals surface area contributed by atoms with Gasteiger partial charge in [-0.3, -0.25) is 0 Å². The molecule has 0 atom stereocenters. The Morgan fingerprint density at radius 3 is 1.97 bits per heavy atom. The summed E-state index contributed by atoms with van der Waals surface area (Å²) in [6.45, 7) is 26.3. The minimum Gasteiger partial charge on any atom is 0 e. The predicted octanol–water partition coefficient (Wildman–Crippen LogP) is 16.1. The van der Waals surface area contributed by atoms with Crippen molar-refractivity contribution in [1.82, 2.24) is 14.5 Å². The van der Waals surface area contributed by atoms with Gasteiger partial charge >= 0.3 is 336 Å². The molecule has 0 aliphatic heterocycles. The van der Waals surface area contributed by atoms with Crippen molar-refractivity contribution in [2.75, 3.05) is 0 Å². The minimum atomic E-state index is -2.18. The summed E-state index contributed by atoms with van der Waals surface area (Å²) in [4.78, 5) is 10.7. The number of hydrogen-bond acceptors (Lipinski definition) is 3. The van der Waals surface area contributed by atoms with Crippen LogP contribution >= 0.6 is 0 Å². The summed E-state index contributed by atoms with van der Waals surface area (Å²) in [7, 11) is -2.18. The minimum absolute atomic E-state index is 0. The number of para-hydroxylation sites is 1. The molecule has 0 fully saturated rings. The number of imidazole rings is 1. The third-order valence-electron chi connectivity index (χ3n) is 13.3. The van der Waals surface area contributed by atoms with Gasteiger partial charge in [0.05, 0.1) is 0 Å². The van der Waals surface area contributed by atoms with Crippen molar-refractivity contribution in [3.63, 3.8) is 0 Å². The van der Waals surface area contributed by atoms with Crippen molar-refractivity contribution in [2.24, 2.45) is 0 Å². The van der Waals surface area contributed by atoms with Gasteiger partial charge in [-0.2, -0.15) is 0 Å². The largest absolute Gasteiger partial charge is 0 e. The first-order valence-electron chi connectivity index (χ1n) is 25.5. The molecular weight excluding hydrogens is 1120 g/mol. The molecule has 70 heavy (non-hydrogen) atoms. The van der Waals surface area contributed by atoms with Gasteiger partial charge in [-0.15, -0.1) is 0 Å². The van der Waals surface area contributed by atoms with E-state index in [2.05, 4.69) is 190 Å². The second kappa shape index (κ2) is 18.2. The quantitative estimate of drug-likeness (QED) is 0.128. The zero-order chi connectivity index (χ0) is 51.4. The van der Waals surface area contributed by atoms with Gasteiger partial charge < -0.3 is 0 Å². The molecule has 3 aromatic heterocycles. The van der Waals surface area contributed by atoms with Crippen LogP contribution in [0, 0.1) is 6.07 Å². The van der Waals surface area contributed by atoms with E-state index in [-0.39, 0.29) is 69.6 Å². The third kappa shape index (κ3) is 9.14. The van der Waals surface area contributed by atoms with Crippen molar-refractivity contribution in [3.05, 3.63) is 174 Å². The topological polar surface area (TPSA) is 50.9 Å². The number of benzene rings is 7. The molecule has 0 saturated carbocycles. The van der Waals surface area contributed by atoms with Crippen LogP contribution in [-0.4, -0.2) is 42.2 Å². The maximum Gasteiger partial charge on any atom is 0 e. The molecule has 0 saturated heterocycles. The average molecular weight is 1180 g/mol. The molecule has 0 aliphatic rings. The maximum absolute atomic E-state index is 12.7. The summed E-state index contributed by atoms with van der Waals surface area (Å²) in [5.74, 6) is 0.818. The molecular formula is C63H62N3OPtSeSi-. The smallest absolute Gasteiger partial charge is 0 e. The molecule has 4 nitrogen and oxygen atoms in total. The fourth-order valence-corrected chi connectivity index (χ4v) is 12.8. The number of nitrogens with zero attached hydrogens (tertiary/aromatic N) is 3. The normalized spacial score (nSPS) is 13.1. The zero-order valence-corrected chi connectivity index (χ0v) is 47.2. The van der Waals surface area contributed by atoms with Crippen LogP contribution in [0.4, 0.5) is 0 Å². The zero-order valence-electron chi connectivity index (χ0n) is 45.2. The van der Waals surface area contributed by atoms with E-state index in [0.717, 1.165) is 91.6 Å². The second-order valence-corrected chi connectivity index (χ2v) is 29.8. The Bertz CT molecular complexity index is 3780. The van der Waals surface area contributed by atoms with Crippen LogP contribution in [0.25, 0.3) is 92.0 Å².